The highest BCUT2D eigenvalue weighted by Crippen LogP contribution is 2.37. The molecule has 0 heteroatoms. The first-order valence-corrected chi connectivity index (χ1v) is 11.1. The molecule has 148 valence electrons. The Bertz CT molecular complexity index is 1630. The Balaban J connectivity index is 0.000000113. The van der Waals surface area contributed by atoms with Crippen LogP contribution in [0.3, 0.4) is 0 Å². The summed E-state index contributed by atoms with van der Waals surface area (Å²) in [6, 6.07) is 34.9. The second kappa shape index (κ2) is 6.67. The summed E-state index contributed by atoms with van der Waals surface area (Å²) in [5.74, 6) is 0. The van der Waals surface area contributed by atoms with Gasteiger partial charge in [-0.1, -0.05) is 109 Å². The van der Waals surface area contributed by atoms with Crippen LogP contribution < -0.4 is 0 Å². The zero-order chi connectivity index (χ0) is 21.1. The lowest BCUT2D eigenvalue weighted by atomic mass is 9.97. The van der Waals surface area contributed by atoms with Crippen LogP contribution in [0.25, 0.3) is 67.4 Å². The summed E-state index contributed by atoms with van der Waals surface area (Å²) in [7, 11) is 0. The fourth-order valence-electron chi connectivity index (χ4n) is 5.35. The Kier molecular flexibility index (Phi) is 3.65. The Hall–Kier alpha value is -4.16. The maximum Gasteiger partial charge on any atom is -0.00324 e. The third kappa shape index (κ3) is 2.50. The van der Waals surface area contributed by atoms with Gasteiger partial charge in [-0.05, 0) is 77.5 Å². The molecule has 32 heavy (non-hydrogen) atoms. The summed E-state index contributed by atoms with van der Waals surface area (Å²) in [5.41, 5.74) is 5.39. The van der Waals surface area contributed by atoms with E-state index in [1.54, 1.807) is 0 Å². The van der Waals surface area contributed by atoms with E-state index in [1.165, 1.54) is 65.3 Å². The third-order valence-corrected chi connectivity index (χ3v) is 6.78. The van der Waals surface area contributed by atoms with E-state index in [1.807, 2.05) is 0 Å². The highest BCUT2D eigenvalue weighted by Gasteiger charge is 2.12. The van der Waals surface area contributed by atoms with Gasteiger partial charge in [-0.3, -0.25) is 0 Å². The highest BCUT2D eigenvalue weighted by molar-refractivity contribution is 6.17. The number of rotatable bonds is 0. The molecule has 6 aromatic rings. The van der Waals surface area contributed by atoms with E-state index < -0.39 is 0 Å². The van der Waals surface area contributed by atoms with Crippen molar-refractivity contribution in [3.63, 3.8) is 0 Å². The van der Waals surface area contributed by atoms with Crippen molar-refractivity contribution in [2.45, 2.75) is 0 Å². The molecule has 2 aliphatic rings. The quantitative estimate of drug-likeness (QED) is 0.221. The molecule has 2 aliphatic carbocycles. The van der Waals surface area contributed by atoms with E-state index in [-0.39, 0.29) is 0 Å². The standard InChI is InChI=1S/2C16H10/c2*1-2-6-14-12(4-1)10-13-9-8-11-5-3-7-15(14)16(11)13/h2*1-10H. The van der Waals surface area contributed by atoms with Crippen LogP contribution in [0.4, 0.5) is 0 Å². The molecule has 0 saturated heterocycles. The summed E-state index contributed by atoms with van der Waals surface area (Å²) < 4.78 is 0. The van der Waals surface area contributed by atoms with E-state index in [4.69, 9.17) is 0 Å². The van der Waals surface area contributed by atoms with Gasteiger partial charge in [0.1, 0.15) is 0 Å². The van der Waals surface area contributed by atoms with Crippen LogP contribution >= 0.6 is 0 Å². The van der Waals surface area contributed by atoms with Gasteiger partial charge in [0, 0.05) is 0 Å². The summed E-state index contributed by atoms with van der Waals surface area (Å²) >= 11 is 0. The number of fused-ring (bicyclic) bond motifs is 4. The zero-order valence-corrected chi connectivity index (χ0v) is 17.5. The first kappa shape index (κ1) is 17.5. The monoisotopic (exact) mass is 404 g/mol. The summed E-state index contributed by atoms with van der Waals surface area (Å²) in [6.07, 6.45) is 8.83. The molecule has 8 rings (SSSR count). The van der Waals surface area contributed by atoms with Crippen LogP contribution in [0.2, 0.25) is 0 Å². The van der Waals surface area contributed by atoms with Gasteiger partial charge < -0.3 is 0 Å². The SMILES string of the molecule is C1=Cc2cc3ccccc3c3cccc1c23.C1=Cc2cc3ccccc3c3cccc1c23. The number of benzene rings is 6. The minimum absolute atomic E-state index is 1.33. The molecule has 0 spiro atoms. The van der Waals surface area contributed by atoms with Gasteiger partial charge in [-0.25, -0.2) is 0 Å². The van der Waals surface area contributed by atoms with Gasteiger partial charge in [0.15, 0.2) is 0 Å². The molecule has 0 amide bonds. The van der Waals surface area contributed by atoms with Crippen LogP contribution in [0.1, 0.15) is 22.3 Å². The largest absolute Gasteiger partial charge is 0.0616 e. The molecule has 0 aromatic heterocycles. The summed E-state index contributed by atoms with van der Waals surface area (Å²) in [5, 5.41) is 10.9. The zero-order valence-electron chi connectivity index (χ0n) is 17.5. The fourth-order valence-corrected chi connectivity index (χ4v) is 5.35. The molecule has 0 N–H and O–H groups in total. The van der Waals surface area contributed by atoms with Crippen molar-refractivity contribution in [2.75, 3.05) is 0 Å². The predicted octanol–water partition coefficient (Wildman–Crippen LogP) is 8.95. The molecule has 0 aliphatic heterocycles. The molecule has 6 aromatic carbocycles. The van der Waals surface area contributed by atoms with E-state index in [0.717, 1.165) is 0 Å². The maximum atomic E-state index is 2.28. The Labute approximate surface area is 186 Å². The lowest BCUT2D eigenvalue weighted by molar-refractivity contribution is 1.74. The van der Waals surface area contributed by atoms with Crippen molar-refractivity contribution in [2.24, 2.45) is 0 Å². The van der Waals surface area contributed by atoms with Crippen molar-refractivity contribution in [1.29, 1.82) is 0 Å². The van der Waals surface area contributed by atoms with E-state index in [9.17, 15) is 0 Å². The second-order valence-corrected chi connectivity index (χ2v) is 8.58. The topological polar surface area (TPSA) is 0 Å². The minimum atomic E-state index is 1.33. The first-order chi connectivity index (χ1) is 15.9. The molecular formula is C32H20. The van der Waals surface area contributed by atoms with Crippen LogP contribution in [0, 0.1) is 0 Å². The normalized spacial score (nSPS) is 12.8. The van der Waals surface area contributed by atoms with Crippen molar-refractivity contribution in [1.82, 2.24) is 0 Å². The Morgan fingerprint density at radius 3 is 1.22 bits per heavy atom. The molecule has 0 unspecified atom stereocenters. The van der Waals surface area contributed by atoms with Gasteiger partial charge in [-0.15, -0.1) is 0 Å². The molecule has 0 atom stereocenters. The summed E-state index contributed by atoms with van der Waals surface area (Å²) in [4.78, 5) is 0. The van der Waals surface area contributed by atoms with Crippen molar-refractivity contribution in [3.8, 4) is 0 Å². The van der Waals surface area contributed by atoms with Crippen LogP contribution in [0.15, 0.2) is 97.1 Å². The van der Waals surface area contributed by atoms with Crippen molar-refractivity contribution >= 4 is 67.4 Å². The minimum Gasteiger partial charge on any atom is -0.0616 e. The van der Waals surface area contributed by atoms with Crippen LogP contribution in [0.5, 0.6) is 0 Å². The molecule has 0 radical (unpaired) electrons. The van der Waals surface area contributed by atoms with E-state index in [2.05, 4.69) is 121 Å². The molecule has 0 nitrogen and oxygen atoms in total. The lowest BCUT2D eigenvalue weighted by Crippen LogP contribution is -1.81. The third-order valence-electron chi connectivity index (χ3n) is 6.78. The fraction of sp³-hybridized carbons (Fsp3) is 0. The number of hydrogen-bond acceptors (Lipinski definition) is 0. The van der Waals surface area contributed by atoms with Gasteiger partial charge in [0.05, 0.1) is 0 Å². The van der Waals surface area contributed by atoms with Crippen LogP contribution in [-0.2, 0) is 0 Å². The predicted molar refractivity (Wildman–Crippen MR) is 141 cm³/mol. The first-order valence-electron chi connectivity index (χ1n) is 11.1. The lowest BCUT2D eigenvalue weighted by Gasteiger charge is -2.06. The summed E-state index contributed by atoms with van der Waals surface area (Å²) in [6.45, 7) is 0. The highest BCUT2D eigenvalue weighted by atomic mass is 14.2. The number of hydrogen-bond donors (Lipinski definition) is 0. The van der Waals surface area contributed by atoms with Gasteiger partial charge in [0.2, 0.25) is 0 Å². The molecule has 0 saturated carbocycles. The smallest absolute Gasteiger partial charge is 0.00324 e. The average molecular weight is 405 g/mol. The van der Waals surface area contributed by atoms with Gasteiger partial charge in [0.25, 0.3) is 0 Å². The average Bonchev–Trinajstić information content (AvgIpc) is 3.46. The van der Waals surface area contributed by atoms with E-state index in [0.29, 0.717) is 0 Å². The van der Waals surface area contributed by atoms with Crippen LogP contribution in [-0.4, -0.2) is 0 Å². The van der Waals surface area contributed by atoms with Crippen molar-refractivity contribution in [3.05, 3.63) is 119 Å². The molecular weight excluding hydrogens is 384 g/mol. The van der Waals surface area contributed by atoms with Gasteiger partial charge >= 0.3 is 0 Å². The maximum absolute atomic E-state index is 2.28. The van der Waals surface area contributed by atoms with Gasteiger partial charge in [-0.2, -0.15) is 0 Å². The Morgan fingerprint density at radius 2 is 0.719 bits per heavy atom. The Morgan fingerprint density at radius 1 is 0.312 bits per heavy atom. The van der Waals surface area contributed by atoms with Crippen molar-refractivity contribution < 1.29 is 0 Å². The molecule has 0 bridgehead atoms. The second-order valence-electron chi connectivity index (χ2n) is 8.58. The molecule has 0 heterocycles. The van der Waals surface area contributed by atoms with E-state index >= 15 is 0 Å². The molecule has 0 fully saturated rings.